The van der Waals surface area contributed by atoms with Crippen LogP contribution in [0.15, 0.2) is 6.33 Å². The molecule has 0 spiro atoms. The van der Waals surface area contributed by atoms with Crippen molar-refractivity contribution in [2.45, 2.75) is 32.0 Å². The third-order valence-electron chi connectivity index (χ3n) is 2.71. The van der Waals surface area contributed by atoms with Crippen molar-refractivity contribution in [1.29, 1.82) is 0 Å². The molecule has 0 fully saturated rings. The van der Waals surface area contributed by atoms with Crippen molar-refractivity contribution in [3.8, 4) is 0 Å². The van der Waals surface area contributed by atoms with Gasteiger partial charge in [0.25, 0.3) is 0 Å². The Morgan fingerprint density at radius 1 is 1.81 bits per heavy atom. The summed E-state index contributed by atoms with van der Waals surface area (Å²) in [6, 6.07) is -0.473. The zero-order chi connectivity index (χ0) is 11.5. The van der Waals surface area contributed by atoms with Crippen LogP contribution in [0.5, 0.6) is 0 Å². The number of carbonyl (C=O) groups excluding carboxylic acids is 1. The highest BCUT2D eigenvalue weighted by atomic mass is 16.3. The highest BCUT2D eigenvalue weighted by Gasteiger charge is 2.26. The van der Waals surface area contributed by atoms with Crippen LogP contribution in [-0.4, -0.2) is 39.7 Å². The molecule has 0 aliphatic carbocycles. The first-order valence-corrected chi connectivity index (χ1v) is 5.36. The summed E-state index contributed by atoms with van der Waals surface area (Å²) in [4.78, 5) is 19.0. The first-order chi connectivity index (χ1) is 7.70. The predicted octanol–water partition coefficient (Wildman–Crippen LogP) is -1.08. The molecule has 0 bridgehead atoms. The van der Waals surface area contributed by atoms with Crippen LogP contribution < -0.4 is 10.6 Å². The first-order valence-electron chi connectivity index (χ1n) is 5.36. The minimum Gasteiger partial charge on any atom is -0.394 e. The van der Waals surface area contributed by atoms with Gasteiger partial charge in [0.1, 0.15) is 0 Å². The molecule has 0 aromatic carbocycles. The molecule has 0 saturated heterocycles. The van der Waals surface area contributed by atoms with E-state index in [2.05, 4.69) is 20.6 Å². The van der Waals surface area contributed by atoms with E-state index in [0.29, 0.717) is 13.0 Å². The monoisotopic (exact) mass is 224 g/mol. The Bertz CT molecular complexity index is 377. The van der Waals surface area contributed by atoms with Crippen LogP contribution in [0.2, 0.25) is 0 Å². The number of imidazole rings is 1. The van der Waals surface area contributed by atoms with Gasteiger partial charge in [0.05, 0.1) is 30.4 Å². The normalized spacial score (nSPS) is 21.2. The average molecular weight is 224 g/mol. The van der Waals surface area contributed by atoms with E-state index in [1.54, 1.807) is 13.3 Å². The third kappa shape index (κ3) is 2.23. The Kier molecular flexibility index (Phi) is 3.21. The number of aromatic nitrogens is 2. The van der Waals surface area contributed by atoms with Gasteiger partial charge in [-0.2, -0.15) is 0 Å². The maximum absolute atomic E-state index is 11.8. The molecule has 0 saturated carbocycles. The molecule has 1 aliphatic heterocycles. The fraction of sp³-hybridized carbons (Fsp3) is 0.600. The van der Waals surface area contributed by atoms with Crippen LogP contribution in [0, 0.1) is 0 Å². The summed E-state index contributed by atoms with van der Waals surface area (Å²) in [5.74, 6) is -0.0878. The lowest BCUT2D eigenvalue weighted by Crippen LogP contribution is -2.50. The summed E-state index contributed by atoms with van der Waals surface area (Å²) in [7, 11) is 0. The minimum atomic E-state index is -0.259. The number of aromatic amines is 1. The number of hydrogen-bond donors (Lipinski definition) is 4. The lowest BCUT2D eigenvalue weighted by Gasteiger charge is -2.23. The largest absolute Gasteiger partial charge is 0.394 e. The summed E-state index contributed by atoms with van der Waals surface area (Å²) >= 11 is 0. The summed E-state index contributed by atoms with van der Waals surface area (Å²) in [6.07, 6.45) is 2.23. The number of nitrogens with zero attached hydrogens (tertiary/aromatic N) is 1. The van der Waals surface area contributed by atoms with E-state index in [4.69, 9.17) is 5.11 Å². The topological polar surface area (TPSA) is 90.0 Å². The second-order valence-electron chi connectivity index (χ2n) is 4.06. The van der Waals surface area contributed by atoms with Crippen molar-refractivity contribution in [1.82, 2.24) is 20.6 Å². The number of fused-ring (bicyclic) bond motifs is 1. The van der Waals surface area contributed by atoms with Gasteiger partial charge in [-0.25, -0.2) is 4.98 Å². The van der Waals surface area contributed by atoms with Gasteiger partial charge in [-0.05, 0) is 6.92 Å². The van der Waals surface area contributed by atoms with Crippen LogP contribution in [0.25, 0.3) is 0 Å². The lowest BCUT2D eigenvalue weighted by atomic mass is 10.0. The molecule has 0 radical (unpaired) electrons. The number of carbonyl (C=O) groups is 1. The van der Waals surface area contributed by atoms with Gasteiger partial charge >= 0.3 is 0 Å². The quantitative estimate of drug-likeness (QED) is 0.526. The molecule has 2 heterocycles. The lowest BCUT2D eigenvalue weighted by molar-refractivity contribution is -0.124. The molecular weight excluding hydrogens is 208 g/mol. The van der Waals surface area contributed by atoms with Gasteiger partial charge in [0, 0.05) is 19.0 Å². The number of nitrogens with one attached hydrogen (secondary N) is 3. The van der Waals surface area contributed by atoms with Crippen molar-refractivity contribution >= 4 is 5.91 Å². The third-order valence-corrected chi connectivity index (χ3v) is 2.71. The maximum atomic E-state index is 11.8. The van der Waals surface area contributed by atoms with E-state index < -0.39 is 0 Å². The zero-order valence-corrected chi connectivity index (χ0v) is 9.16. The number of rotatable bonds is 3. The molecule has 6 heteroatoms. The summed E-state index contributed by atoms with van der Waals surface area (Å²) in [6.45, 7) is 2.34. The Balaban J connectivity index is 1.95. The van der Waals surface area contributed by atoms with Crippen molar-refractivity contribution in [2.24, 2.45) is 0 Å². The van der Waals surface area contributed by atoms with Crippen LogP contribution in [-0.2, 0) is 17.8 Å². The molecule has 1 amide bonds. The second kappa shape index (κ2) is 4.63. The van der Waals surface area contributed by atoms with Crippen LogP contribution in [0.3, 0.4) is 0 Å². The van der Waals surface area contributed by atoms with Crippen molar-refractivity contribution in [3.05, 3.63) is 17.7 Å². The van der Waals surface area contributed by atoms with E-state index in [-0.39, 0.29) is 24.6 Å². The number of hydrogen-bond acceptors (Lipinski definition) is 4. The summed E-state index contributed by atoms with van der Waals surface area (Å²) in [5, 5.41) is 14.7. The maximum Gasteiger partial charge on any atom is 0.237 e. The molecule has 88 valence electrons. The molecule has 16 heavy (non-hydrogen) atoms. The van der Waals surface area contributed by atoms with E-state index in [0.717, 1.165) is 11.4 Å². The second-order valence-corrected chi connectivity index (χ2v) is 4.06. The molecule has 4 N–H and O–H groups in total. The van der Waals surface area contributed by atoms with E-state index in [9.17, 15) is 4.79 Å². The van der Waals surface area contributed by atoms with Gasteiger partial charge in [-0.15, -0.1) is 0 Å². The molecule has 2 atom stereocenters. The number of aliphatic hydroxyl groups is 1. The standard InChI is InChI=1S/C10H16N4O2/c1-6(4-15)14-10(16)8-2-7-9(3-11-8)13-5-12-7/h5-6,8,11,15H,2-4H2,1H3,(H,12,13)(H,14,16)/t6-,8?/m0/s1. The van der Waals surface area contributed by atoms with Gasteiger partial charge in [0.2, 0.25) is 5.91 Å². The Hall–Kier alpha value is -1.40. The first kappa shape index (κ1) is 11.1. The SMILES string of the molecule is C[C@@H](CO)NC(=O)C1Cc2nc[nH]c2CN1. The van der Waals surface area contributed by atoms with E-state index in [1.807, 2.05) is 0 Å². The Morgan fingerprint density at radius 2 is 2.62 bits per heavy atom. The summed E-state index contributed by atoms with van der Waals surface area (Å²) in [5.41, 5.74) is 1.98. The molecule has 1 unspecified atom stereocenters. The number of aliphatic hydroxyl groups excluding tert-OH is 1. The Labute approximate surface area is 93.5 Å². The Morgan fingerprint density at radius 3 is 3.38 bits per heavy atom. The predicted molar refractivity (Wildman–Crippen MR) is 57.6 cm³/mol. The number of amides is 1. The summed E-state index contributed by atoms with van der Waals surface area (Å²) < 4.78 is 0. The fourth-order valence-corrected chi connectivity index (χ4v) is 1.74. The van der Waals surface area contributed by atoms with Crippen molar-refractivity contribution in [3.63, 3.8) is 0 Å². The van der Waals surface area contributed by atoms with Crippen molar-refractivity contribution in [2.75, 3.05) is 6.61 Å². The van der Waals surface area contributed by atoms with E-state index in [1.165, 1.54) is 0 Å². The van der Waals surface area contributed by atoms with Crippen molar-refractivity contribution < 1.29 is 9.90 Å². The minimum absolute atomic E-state index is 0.0495. The van der Waals surface area contributed by atoms with Gasteiger partial charge in [-0.1, -0.05) is 0 Å². The fourth-order valence-electron chi connectivity index (χ4n) is 1.74. The molecule has 6 nitrogen and oxygen atoms in total. The molecule has 1 aliphatic rings. The van der Waals surface area contributed by atoms with Gasteiger partial charge < -0.3 is 15.4 Å². The molecule has 2 rings (SSSR count). The smallest absolute Gasteiger partial charge is 0.237 e. The van der Waals surface area contributed by atoms with E-state index >= 15 is 0 Å². The van der Waals surface area contributed by atoms with Gasteiger partial charge in [-0.3, -0.25) is 10.1 Å². The zero-order valence-electron chi connectivity index (χ0n) is 9.16. The van der Waals surface area contributed by atoms with Crippen LogP contribution in [0.1, 0.15) is 18.3 Å². The highest BCUT2D eigenvalue weighted by Crippen LogP contribution is 2.12. The average Bonchev–Trinajstić information content (AvgIpc) is 2.75. The molecular formula is C10H16N4O2. The molecule has 1 aromatic heterocycles. The van der Waals surface area contributed by atoms with Crippen LogP contribution >= 0.6 is 0 Å². The number of H-pyrrole nitrogens is 1. The van der Waals surface area contributed by atoms with Crippen LogP contribution in [0.4, 0.5) is 0 Å². The van der Waals surface area contributed by atoms with Gasteiger partial charge in [0.15, 0.2) is 0 Å². The molecule has 1 aromatic rings. The highest BCUT2D eigenvalue weighted by molar-refractivity contribution is 5.82.